The van der Waals surface area contributed by atoms with Crippen LogP contribution in [0.3, 0.4) is 0 Å². The van der Waals surface area contributed by atoms with E-state index >= 15 is 0 Å². The molecule has 3 aliphatic heterocycles. The van der Waals surface area contributed by atoms with E-state index < -0.39 is 35.0 Å². The second-order valence-corrected chi connectivity index (χ2v) is 10.2. The molecule has 0 aliphatic carbocycles. The van der Waals surface area contributed by atoms with Crippen LogP contribution in [0.4, 0.5) is 5.69 Å². The number of amides is 2. The summed E-state index contributed by atoms with van der Waals surface area (Å²) >= 11 is 5.88. The molecule has 2 amide bonds. The molecular weight excluding hydrogens is 482 g/mol. The lowest BCUT2D eigenvalue weighted by Gasteiger charge is -2.33. The van der Waals surface area contributed by atoms with Crippen molar-refractivity contribution in [2.24, 2.45) is 11.8 Å². The molecule has 4 heterocycles. The largest absolute Gasteiger partial charge is 0.478 e. The fraction of sp³-hybridized carbons (Fsp3) is 0.333. The van der Waals surface area contributed by atoms with Crippen LogP contribution in [-0.2, 0) is 14.3 Å². The van der Waals surface area contributed by atoms with Crippen molar-refractivity contribution in [1.29, 1.82) is 5.26 Å². The number of pyridine rings is 1. The number of anilines is 1. The minimum absolute atomic E-state index is 0.182. The molecule has 3 saturated heterocycles. The molecule has 5 atom stereocenters. The van der Waals surface area contributed by atoms with Gasteiger partial charge < -0.3 is 14.6 Å². The number of aliphatic hydroxyl groups excluding tert-OH is 1. The number of hydrogen-bond acceptors (Lipinski definition) is 7. The number of rotatable bonds is 5. The Balaban J connectivity index is 1.35. The lowest BCUT2D eigenvalue weighted by molar-refractivity contribution is -0.134. The molecule has 0 radical (unpaired) electrons. The number of carbonyl (C=O) groups is 2. The summed E-state index contributed by atoms with van der Waals surface area (Å²) in [5.74, 6) is -1.96. The molecule has 3 aliphatic rings. The summed E-state index contributed by atoms with van der Waals surface area (Å²) in [7, 11) is 0. The summed E-state index contributed by atoms with van der Waals surface area (Å²) in [6.07, 6.45) is 1.10. The van der Waals surface area contributed by atoms with Crippen molar-refractivity contribution in [2.75, 3.05) is 11.5 Å². The van der Waals surface area contributed by atoms with Crippen molar-refractivity contribution < 1.29 is 24.2 Å². The molecule has 2 bridgehead atoms. The molecule has 36 heavy (non-hydrogen) atoms. The van der Waals surface area contributed by atoms with Crippen LogP contribution in [0.25, 0.3) is 10.8 Å². The van der Waals surface area contributed by atoms with E-state index in [0.29, 0.717) is 39.3 Å². The van der Waals surface area contributed by atoms with Gasteiger partial charge in [-0.1, -0.05) is 35.9 Å². The standard InChI is InChI=1S/C27H22ClN3O5/c1-26-20(32)12-27(36-26,10-11-35-21-9-7-16(28)14-30-21)23-22(26)24(33)31(25(23)34)19-8-6-15(13-29)17-4-2-3-5-18(17)19/h2-9,14,20,22-23,32H,10-12H2,1H3/t20-,22-,23+,26?,27?/m0/s1. The van der Waals surface area contributed by atoms with Gasteiger partial charge in [-0.3, -0.25) is 9.59 Å². The molecule has 0 saturated carbocycles. The number of carbonyl (C=O) groups excluding carboxylic acids is 2. The highest BCUT2D eigenvalue weighted by Crippen LogP contribution is 2.62. The highest BCUT2D eigenvalue weighted by molar-refractivity contribution is 6.30. The zero-order valence-electron chi connectivity index (χ0n) is 19.3. The number of benzene rings is 2. The number of halogens is 1. The molecule has 8 nitrogen and oxygen atoms in total. The molecule has 1 N–H and O–H groups in total. The summed E-state index contributed by atoms with van der Waals surface area (Å²) in [6, 6.07) is 15.9. The van der Waals surface area contributed by atoms with Gasteiger partial charge in [0, 0.05) is 35.9 Å². The van der Waals surface area contributed by atoms with E-state index in [-0.39, 0.29) is 18.9 Å². The molecule has 2 aromatic carbocycles. The van der Waals surface area contributed by atoms with Crippen LogP contribution in [0.2, 0.25) is 5.02 Å². The molecular formula is C27H22ClN3O5. The van der Waals surface area contributed by atoms with Crippen LogP contribution in [0.1, 0.15) is 25.3 Å². The Morgan fingerprint density at radius 1 is 1.17 bits per heavy atom. The van der Waals surface area contributed by atoms with Gasteiger partial charge in [-0.15, -0.1) is 0 Å². The van der Waals surface area contributed by atoms with E-state index in [4.69, 9.17) is 21.1 Å². The number of ether oxygens (including phenoxy) is 2. The first-order valence-electron chi connectivity index (χ1n) is 11.7. The van der Waals surface area contributed by atoms with E-state index in [1.54, 1.807) is 49.4 Å². The maximum Gasteiger partial charge on any atom is 0.240 e. The number of hydrogen-bond donors (Lipinski definition) is 1. The third kappa shape index (κ3) is 3.10. The van der Waals surface area contributed by atoms with Crippen LogP contribution >= 0.6 is 11.6 Å². The van der Waals surface area contributed by atoms with Crippen LogP contribution in [0.5, 0.6) is 5.88 Å². The minimum Gasteiger partial charge on any atom is -0.478 e. The molecule has 3 aromatic rings. The first kappa shape index (κ1) is 22.9. The van der Waals surface area contributed by atoms with Gasteiger partial charge in [0.2, 0.25) is 17.7 Å². The van der Waals surface area contributed by atoms with Gasteiger partial charge >= 0.3 is 0 Å². The molecule has 0 spiro atoms. The summed E-state index contributed by atoms with van der Waals surface area (Å²) in [5.41, 5.74) is -1.34. The highest BCUT2D eigenvalue weighted by Gasteiger charge is 2.77. The summed E-state index contributed by atoms with van der Waals surface area (Å²) in [4.78, 5) is 33.1. The number of aliphatic hydroxyl groups is 1. The lowest BCUT2D eigenvalue weighted by atomic mass is 9.66. The van der Waals surface area contributed by atoms with E-state index in [0.717, 1.165) is 0 Å². The highest BCUT2D eigenvalue weighted by atomic mass is 35.5. The average Bonchev–Trinajstić information content (AvgIpc) is 3.41. The van der Waals surface area contributed by atoms with Gasteiger partial charge in [-0.2, -0.15) is 5.26 Å². The second kappa shape index (κ2) is 8.00. The minimum atomic E-state index is -1.19. The van der Waals surface area contributed by atoms with E-state index in [9.17, 15) is 20.0 Å². The van der Waals surface area contributed by atoms with E-state index in [1.807, 2.05) is 6.07 Å². The van der Waals surface area contributed by atoms with Crippen molar-refractivity contribution in [2.45, 2.75) is 37.1 Å². The van der Waals surface area contributed by atoms with Crippen LogP contribution in [-0.4, -0.2) is 45.8 Å². The van der Waals surface area contributed by atoms with Crippen molar-refractivity contribution in [3.8, 4) is 11.9 Å². The van der Waals surface area contributed by atoms with Crippen LogP contribution in [0, 0.1) is 23.2 Å². The van der Waals surface area contributed by atoms with Gasteiger partial charge in [0.25, 0.3) is 0 Å². The number of aromatic nitrogens is 1. The maximum atomic E-state index is 13.9. The van der Waals surface area contributed by atoms with Gasteiger partial charge in [-0.05, 0) is 25.1 Å². The van der Waals surface area contributed by atoms with Crippen molar-refractivity contribution in [3.63, 3.8) is 0 Å². The molecule has 1 aromatic heterocycles. The predicted molar refractivity (Wildman–Crippen MR) is 130 cm³/mol. The average molecular weight is 504 g/mol. The van der Waals surface area contributed by atoms with Crippen molar-refractivity contribution in [1.82, 2.24) is 4.98 Å². The number of fused-ring (bicyclic) bond motifs is 6. The first-order chi connectivity index (χ1) is 17.3. The van der Waals surface area contributed by atoms with Crippen molar-refractivity contribution >= 4 is 39.9 Å². The van der Waals surface area contributed by atoms with Crippen LogP contribution < -0.4 is 9.64 Å². The monoisotopic (exact) mass is 503 g/mol. The number of nitriles is 1. The van der Waals surface area contributed by atoms with Crippen LogP contribution in [0.15, 0.2) is 54.7 Å². The third-order valence-corrected chi connectivity index (χ3v) is 8.08. The first-order valence-corrected chi connectivity index (χ1v) is 12.1. The Labute approximate surface area is 212 Å². The van der Waals surface area contributed by atoms with E-state index in [1.165, 1.54) is 11.1 Å². The molecule has 9 heteroatoms. The Morgan fingerprint density at radius 2 is 1.92 bits per heavy atom. The fourth-order valence-electron chi connectivity index (χ4n) is 6.21. The third-order valence-electron chi connectivity index (χ3n) is 7.85. The molecule has 6 rings (SSSR count). The second-order valence-electron chi connectivity index (χ2n) is 9.74. The zero-order chi connectivity index (χ0) is 25.2. The molecule has 2 unspecified atom stereocenters. The Bertz CT molecular complexity index is 1450. The van der Waals surface area contributed by atoms with E-state index in [2.05, 4.69) is 11.1 Å². The van der Waals surface area contributed by atoms with Crippen molar-refractivity contribution in [3.05, 3.63) is 65.3 Å². The Kier molecular flexibility index (Phi) is 5.09. The maximum absolute atomic E-state index is 13.9. The van der Waals surface area contributed by atoms with Gasteiger partial charge in [0.1, 0.15) is 5.60 Å². The van der Waals surface area contributed by atoms with Gasteiger partial charge in [0.15, 0.2) is 0 Å². The summed E-state index contributed by atoms with van der Waals surface area (Å²) in [6.45, 7) is 1.89. The normalized spacial score (nSPS) is 30.6. The zero-order valence-corrected chi connectivity index (χ0v) is 20.1. The summed E-state index contributed by atoms with van der Waals surface area (Å²) < 4.78 is 12.1. The lowest BCUT2D eigenvalue weighted by Crippen LogP contribution is -2.49. The Morgan fingerprint density at radius 3 is 2.64 bits per heavy atom. The van der Waals surface area contributed by atoms with Gasteiger partial charge in [-0.25, -0.2) is 9.88 Å². The molecule has 3 fully saturated rings. The molecule has 182 valence electrons. The number of nitrogens with zero attached hydrogens (tertiary/aromatic N) is 3. The quantitative estimate of drug-likeness (QED) is 0.529. The smallest absolute Gasteiger partial charge is 0.240 e. The fourth-order valence-corrected chi connectivity index (χ4v) is 6.33. The predicted octanol–water partition coefficient (Wildman–Crippen LogP) is 3.63. The topological polar surface area (TPSA) is 113 Å². The van der Waals surface area contributed by atoms with Gasteiger partial charge in [0.05, 0.1) is 52.5 Å². The summed E-state index contributed by atoms with van der Waals surface area (Å²) in [5, 5.41) is 22.2. The SMILES string of the molecule is CC12OC(CCOc3ccc(Cl)cn3)(C[C@@H]1O)[C@H]1C(=O)N(c3ccc(C#N)c4ccccc34)C(=O)[C@H]12. The Hall–Kier alpha value is -3.51. The number of imide groups is 1.